The fourth-order valence-corrected chi connectivity index (χ4v) is 5.38. The topological polar surface area (TPSA) is 91.0 Å². The van der Waals surface area contributed by atoms with E-state index in [1.807, 2.05) is 43.1 Å². The molecule has 0 radical (unpaired) electrons. The zero-order valence-corrected chi connectivity index (χ0v) is 22.6. The summed E-state index contributed by atoms with van der Waals surface area (Å²) in [4.78, 5) is 40.0. The Morgan fingerprint density at radius 2 is 1.81 bits per heavy atom. The van der Waals surface area contributed by atoms with Crippen LogP contribution in [-0.2, 0) is 25.5 Å². The Morgan fingerprint density at radius 3 is 2.44 bits per heavy atom. The van der Waals surface area contributed by atoms with E-state index in [2.05, 4.69) is 15.6 Å². The summed E-state index contributed by atoms with van der Waals surface area (Å²) in [6.07, 6.45) is 6.80. The molecule has 1 aliphatic heterocycles. The standard InChI is InChI=1S/C27H41ClN4O4/c1-4-29-25(16-21-10-12-22(28)13-11-21)26(34)30-31-15-14-24(17-31)32(23-8-6-5-7-9-23)27(35)19(2)18-36-20(3)33/h10-13,19,23-25,29H,4-9,14-18H2,1-3H3,(H,30,34)/t19-,24+,25-/m1/s1. The third kappa shape index (κ3) is 8.18. The first kappa shape index (κ1) is 28.4. The molecular weight excluding hydrogens is 480 g/mol. The molecule has 0 aromatic heterocycles. The van der Waals surface area contributed by atoms with Gasteiger partial charge in [0.1, 0.15) is 6.61 Å². The van der Waals surface area contributed by atoms with E-state index >= 15 is 0 Å². The molecule has 9 heteroatoms. The number of carbonyl (C=O) groups excluding carboxylic acids is 3. The Labute approximate surface area is 220 Å². The van der Waals surface area contributed by atoms with Crippen molar-refractivity contribution in [1.82, 2.24) is 20.7 Å². The summed E-state index contributed by atoms with van der Waals surface area (Å²) in [5.74, 6) is -0.805. The Morgan fingerprint density at radius 1 is 1.11 bits per heavy atom. The fourth-order valence-electron chi connectivity index (χ4n) is 5.25. The molecule has 3 atom stereocenters. The number of rotatable bonds is 11. The Hall–Kier alpha value is -2.16. The van der Waals surface area contributed by atoms with Crippen molar-refractivity contribution >= 4 is 29.4 Å². The minimum Gasteiger partial charge on any atom is -0.465 e. The van der Waals surface area contributed by atoms with E-state index in [4.69, 9.17) is 16.3 Å². The van der Waals surface area contributed by atoms with Crippen LogP contribution in [0.15, 0.2) is 24.3 Å². The van der Waals surface area contributed by atoms with Crippen LogP contribution in [0.1, 0.15) is 64.9 Å². The Bertz CT molecular complexity index is 875. The van der Waals surface area contributed by atoms with Gasteiger partial charge >= 0.3 is 5.97 Å². The van der Waals surface area contributed by atoms with Gasteiger partial charge in [0.2, 0.25) is 5.91 Å². The number of likely N-dealkylation sites (N-methyl/N-ethyl adjacent to an activating group) is 1. The normalized spacial score (nSPS) is 20.5. The van der Waals surface area contributed by atoms with Gasteiger partial charge in [-0.25, -0.2) is 5.01 Å². The van der Waals surface area contributed by atoms with Gasteiger partial charge in [0.05, 0.1) is 12.0 Å². The van der Waals surface area contributed by atoms with Crippen molar-refractivity contribution in [3.05, 3.63) is 34.9 Å². The summed E-state index contributed by atoms with van der Waals surface area (Å²) in [5.41, 5.74) is 4.13. The van der Waals surface area contributed by atoms with E-state index in [0.29, 0.717) is 31.1 Å². The predicted octanol–water partition coefficient (Wildman–Crippen LogP) is 3.33. The lowest BCUT2D eigenvalue weighted by molar-refractivity contribution is -0.148. The van der Waals surface area contributed by atoms with Crippen molar-refractivity contribution in [1.29, 1.82) is 0 Å². The molecule has 2 aliphatic rings. The number of amides is 2. The van der Waals surface area contributed by atoms with Crippen molar-refractivity contribution in [3.8, 4) is 0 Å². The molecule has 200 valence electrons. The molecule has 1 aromatic rings. The first-order valence-corrected chi connectivity index (χ1v) is 13.6. The summed E-state index contributed by atoms with van der Waals surface area (Å²) in [6, 6.07) is 7.41. The average Bonchev–Trinajstić information content (AvgIpc) is 3.31. The summed E-state index contributed by atoms with van der Waals surface area (Å²) < 4.78 is 5.14. The quantitative estimate of drug-likeness (QED) is 0.435. The smallest absolute Gasteiger partial charge is 0.302 e. The molecule has 1 aliphatic carbocycles. The monoisotopic (exact) mass is 520 g/mol. The highest BCUT2D eigenvalue weighted by atomic mass is 35.5. The summed E-state index contributed by atoms with van der Waals surface area (Å²) >= 11 is 6.00. The number of esters is 1. The number of benzene rings is 1. The van der Waals surface area contributed by atoms with Crippen molar-refractivity contribution in [2.75, 3.05) is 26.2 Å². The molecule has 0 unspecified atom stereocenters. The lowest BCUT2D eigenvalue weighted by atomic mass is 9.92. The second kappa shape index (κ2) is 14.0. The Kier molecular flexibility index (Phi) is 11.0. The maximum absolute atomic E-state index is 13.5. The van der Waals surface area contributed by atoms with Crippen LogP contribution in [0.4, 0.5) is 0 Å². The number of halogens is 1. The fraction of sp³-hybridized carbons (Fsp3) is 0.667. The van der Waals surface area contributed by atoms with Crippen LogP contribution in [0.2, 0.25) is 5.02 Å². The molecule has 1 aromatic carbocycles. The molecule has 1 heterocycles. The van der Waals surface area contributed by atoms with Gasteiger partial charge in [-0.2, -0.15) is 0 Å². The molecular formula is C27H41ClN4O4. The largest absolute Gasteiger partial charge is 0.465 e. The highest BCUT2D eigenvalue weighted by molar-refractivity contribution is 6.30. The van der Waals surface area contributed by atoms with Gasteiger partial charge in [-0.1, -0.05) is 56.8 Å². The van der Waals surface area contributed by atoms with Crippen molar-refractivity contribution in [2.45, 2.75) is 83.8 Å². The van der Waals surface area contributed by atoms with Crippen LogP contribution in [0.5, 0.6) is 0 Å². The van der Waals surface area contributed by atoms with Crippen LogP contribution in [0, 0.1) is 5.92 Å². The molecule has 2 amide bonds. The first-order chi connectivity index (χ1) is 17.3. The number of nitrogens with zero attached hydrogens (tertiary/aromatic N) is 2. The van der Waals surface area contributed by atoms with Crippen LogP contribution in [-0.4, -0.2) is 72.1 Å². The highest BCUT2D eigenvalue weighted by Crippen LogP contribution is 2.29. The van der Waals surface area contributed by atoms with Crippen molar-refractivity contribution in [2.24, 2.45) is 5.92 Å². The second-order valence-corrected chi connectivity index (χ2v) is 10.5. The second-order valence-electron chi connectivity index (χ2n) is 10.0. The van der Waals surface area contributed by atoms with E-state index in [9.17, 15) is 14.4 Å². The molecule has 36 heavy (non-hydrogen) atoms. The maximum atomic E-state index is 13.5. The first-order valence-electron chi connectivity index (χ1n) is 13.3. The molecule has 2 N–H and O–H groups in total. The van der Waals surface area contributed by atoms with Gasteiger partial charge < -0.3 is 15.0 Å². The van der Waals surface area contributed by atoms with Gasteiger partial charge in [0, 0.05) is 37.1 Å². The van der Waals surface area contributed by atoms with Gasteiger partial charge in [0.25, 0.3) is 5.91 Å². The van der Waals surface area contributed by atoms with E-state index in [1.54, 1.807) is 0 Å². The highest BCUT2D eigenvalue weighted by Gasteiger charge is 2.38. The zero-order valence-electron chi connectivity index (χ0n) is 21.8. The summed E-state index contributed by atoms with van der Waals surface area (Å²) in [7, 11) is 0. The van der Waals surface area contributed by atoms with Crippen LogP contribution >= 0.6 is 11.6 Å². The summed E-state index contributed by atoms with van der Waals surface area (Å²) in [5, 5.41) is 5.90. The van der Waals surface area contributed by atoms with E-state index in [-0.39, 0.29) is 42.5 Å². The molecule has 1 saturated carbocycles. The number of hydrogen-bond acceptors (Lipinski definition) is 6. The number of ether oxygens (including phenoxy) is 1. The minimum atomic E-state index is -0.392. The molecule has 0 spiro atoms. The molecule has 8 nitrogen and oxygen atoms in total. The van der Waals surface area contributed by atoms with Gasteiger partial charge in [-0.3, -0.25) is 19.8 Å². The molecule has 1 saturated heterocycles. The third-order valence-electron chi connectivity index (χ3n) is 7.13. The lowest BCUT2D eigenvalue weighted by Crippen LogP contribution is -2.54. The number of nitrogens with one attached hydrogen (secondary N) is 2. The maximum Gasteiger partial charge on any atom is 0.302 e. The number of carbonyl (C=O) groups is 3. The third-order valence-corrected chi connectivity index (χ3v) is 7.38. The Balaban J connectivity index is 1.63. The minimum absolute atomic E-state index is 0.0227. The van der Waals surface area contributed by atoms with Gasteiger partial charge in [-0.15, -0.1) is 0 Å². The lowest BCUT2D eigenvalue weighted by Gasteiger charge is -2.40. The van der Waals surface area contributed by atoms with E-state index in [1.165, 1.54) is 13.3 Å². The van der Waals surface area contributed by atoms with E-state index in [0.717, 1.165) is 37.7 Å². The number of hydrogen-bond donors (Lipinski definition) is 2. The molecule has 2 fully saturated rings. The summed E-state index contributed by atoms with van der Waals surface area (Å²) in [6.45, 7) is 7.23. The van der Waals surface area contributed by atoms with Gasteiger partial charge in [-0.05, 0) is 49.9 Å². The van der Waals surface area contributed by atoms with Crippen molar-refractivity contribution in [3.63, 3.8) is 0 Å². The van der Waals surface area contributed by atoms with Crippen LogP contribution in [0.3, 0.4) is 0 Å². The molecule has 3 rings (SSSR count). The molecule has 0 bridgehead atoms. The van der Waals surface area contributed by atoms with Crippen LogP contribution in [0.25, 0.3) is 0 Å². The SMILES string of the molecule is CCN[C@H](Cc1ccc(Cl)cc1)C(=O)NN1CC[C@H](N(C(=O)[C@H](C)COC(C)=O)C2CCCCC2)C1. The van der Waals surface area contributed by atoms with Crippen molar-refractivity contribution < 1.29 is 19.1 Å². The predicted molar refractivity (Wildman–Crippen MR) is 140 cm³/mol. The van der Waals surface area contributed by atoms with Gasteiger partial charge in [0.15, 0.2) is 0 Å². The number of hydrazine groups is 1. The zero-order chi connectivity index (χ0) is 26.1. The van der Waals surface area contributed by atoms with Crippen LogP contribution < -0.4 is 10.7 Å². The van der Waals surface area contributed by atoms with E-state index < -0.39 is 5.92 Å². The average molecular weight is 521 g/mol.